The minimum Gasteiger partial charge on any atom is -0.379 e. The summed E-state index contributed by atoms with van der Waals surface area (Å²) in [5.41, 5.74) is 7.35. The molecule has 1 aliphatic heterocycles. The first-order chi connectivity index (χ1) is 21.9. The van der Waals surface area contributed by atoms with Gasteiger partial charge in [-0.3, -0.25) is 14.4 Å². The maximum absolute atomic E-state index is 14.0. The van der Waals surface area contributed by atoms with Crippen LogP contribution >= 0.6 is 11.3 Å². The van der Waals surface area contributed by atoms with Gasteiger partial charge in [0.15, 0.2) is 0 Å². The fourth-order valence-corrected chi connectivity index (χ4v) is 7.28. The van der Waals surface area contributed by atoms with E-state index < -0.39 is 24.2 Å². The van der Waals surface area contributed by atoms with Gasteiger partial charge < -0.3 is 30.3 Å². The molecule has 2 aromatic rings. The topological polar surface area (TPSA) is 127 Å². The normalized spacial score (nSPS) is 19.6. The number of ether oxygens (including phenoxy) is 2. The van der Waals surface area contributed by atoms with Crippen molar-refractivity contribution in [3.63, 3.8) is 0 Å². The molecule has 0 spiro atoms. The fourth-order valence-electron chi connectivity index (χ4n) is 6.59. The van der Waals surface area contributed by atoms with Crippen molar-refractivity contribution in [2.75, 3.05) is 27.8 Å². The highest BCUT2D eigenvalue weighted by atomic mass is 32.1. The highest BCUT2D eigenvalue weighted by molar-refractivity contribution is 7.09. The second-order valence-electron chi connectivity index (χ2n) is 13.0. The lowest BCUT2D eigenvalue weighted by molar-refractivity contribution is -0.146. The minimum atomic E-state index is -0.634. The second kappa shape index (κ2) is 17.9. The molecule has 10 nitrogen and oxygen atoms in total. The molecule has 3 N–H and O–H groups in total. The van der Waals surface area contributed by atoms with Gasteiger partial charge in [-0.15, -0.1) is 11.3 Å². The van der Waals surface area contributed by atoms with Crippen LogP contribution in [-0.4, -0.2) is 90.7 Å². The highest BCUT2D eigenvalue weighted by Gasteiger charge is 2.42. The molecule has 1 saturated heterocycles. The Hall–Kier alpha value is -2.86. The Morgan fingerprint density at radius 1 is 1.13 bits per heavy atom. The van der Waals surface area contributed by atoms with Gasteiger partial charge in [0.2, 0.25) is 17.7 Å². The SMILES string of the molecule is CC[C@H](C)[C@@H]([C@@H](CC(=O)N1CCC[C@H]1[C@H](OC)[C@@H](C)C(=O)N[C@@H](Cc1ccccc1)c1nccs1)OC)N(C)C(=O)C(N)C(C)C. The van der Waals surface area contributed by atoms with Gasteiger partial charge in [0.25, 0.3) is 0 Å². The number of thiazole rings is 1. The maximum atomic E-state index is 14.0. The maximum Gasteiger partial charge on any atom is 0.239 e. The Morgan fingerprint density at radius 2 is 1.83 bits per heavy atom. The summed E-state index contributed by atoms with van der Waals surface area (Å²) in [6, 6.07) is 8.53. The van der Waals surface area contributed by atoms with Crippen molar-refractivity contribution >= 4 is 29.1 Å². The predicted octanol–water partition coefficient (Wildman–Crippen LogP) is 4.45. The number of likely N-dealkylation sites (tertiary alicyclic amines) is 1. The zero-order chi connectivity index (χ0) is 34.0. The average Bonchev–Trinajstić information content (AvgIpc) is 3.77. The zero-order valence-electron chi connectivity index (χ0n) is 28.8. The number of rotatable bonds is 17. The third-order valence-electron chi connectivity index (χ3n) is 9.61. The van der Waals surface area contributed by atoms with E-state index in [1.165, 1.54) is 11.3 Å². The molecule has 8 atom stereocenters. The molecule has 1 unspecified atom stereocenters. The monoisotopic (exact) mass is 657 g/mol. The van der Waals surface area contributed by atoms with E-state index in [4.69, 9.17) is 15.2 Å². The lowest BCUT2D eigenvalue weighted by atomic mass is 9.89. The van der Waals surface area contributed by atoms with E-state index >= 15 is 0 Å². The van der Waals surface area contributed by atoms with Crippen LogP contribution in [0.25, 0.3) is 0 Å². The molecule has 1 aromatic carbocycles. The van der Waals surface area contributed by atoms with Gasteiger partial charge in [-0.2, -0.15) is 0 Å². The van der Waals surface area contributed by atoms with Gasteiger partial charge in [-0.1, -0.05) is 71.4 Å². The first-order valence-electron chi connectivity index (χ1n) is 16.6. The zero-order valence-corrected chi connectivity index (χ0v) is 29.7. The summed E-state index contributed by atoms with van der Waals surface area (Å²) in [6.45, 7) is 10.4. The molecular weight excluding hydrogens is 602 g/mol. The summed E-state index contributed by atoms with van der Waals surface area (Å²) in [6.07, 6.45) is 3.81. The van der Waals surface area contributed by atoms with E-state index in [-0.39, 0.29) is 54.1 Å². The molecule has 256 valence electrons. The number of nitrogens with one attached hydrogen (secondary N) is 1. The van der Waals surface area contributed by atoms with Crippen molar-refractivity contribution in [3.05, 3.63) is 52.5 Å². The van der Waals surface area contributed by atoms with E-state index in [2.05, 4.69) is 24.1 Å². The summed E-state index contributed by atoms with van der Waals surface area (Å²) in [5, 5.41) is 5.98. The third kappa shape index (κ3) is 9.36. The number of methoxy groups -OCH3 is 2. The molecule has 2 heterocycles. The number of carbonyl (C=O) groups is 3. The van der Waals surface area contributed by atoms with Crippen LogP contribution in [0.1, 0.15) is 76.9 Å². The Bertz CT molecular complexity index is 1230. The molecule has 0 aliphatic carbocycles. The Labute approximate surface area is 279 Å². The molecule has 1 fully saturated rings. The van der Waals surface area contributed by atoms with E-state index in [9.17, 15) is 14.4 Å². The van der Waals surface area contributed by atoms with Gasteiger partial charge in [-0.25, -0.2) is 4.98 Å². The summed E-state index contributed by atoms with van der Waals surface area (Å²) in [7, 11) is 4.95. The minimum absolute atomic E-state index is 0.0131. The highest BCUT2D eigenvalue weighted by Crippen LogP contribution is 2.30. The second-order valence-corrected chi connectivity index (χ2v) is 13.9. The molecule has 0 bridgehead atoms. The summed E-state index contributed by atoms with van der Waals surface area (Å²) in [5.74, 6) is -0.824. The number of amides is 3. The smallest absolute Gasteiger partial charge is 0.239 e. The van der Waals surface area contributed by atoms with Crippen LogP contribution in [0, 0.1) is 17.8 Å². The van der Waals surface area contributed by atoms with Crippen LogP contribution in [-0.2, 0) is 30.3 Å². The average molecular weight is 658 g/mol. The van der Waals surface area contributed by atoms with E-state index in [0.29, 0.717) is 13.0 Å². The number of likely N-dealkylation sites (N-methyl/N-ethyl adjacent to an activating group) is 1. The van der Waals surface area contributed by atoms with Crippen LogP contribution < -0.4 is 11.1 Å². The van der Waals surface area contributed by atoms with Crippen LogP contribution in [0.3, 0.4) is 0 Å². The van der Waals surface area contributed by atoms with Gasteiger partial charge in [-0.05, 0) is 36.7 Å². The van der Waals surface area contributed by atoms with E-state index in [1.54, 1.807) is 32.4 Å². The number of carbonyl (C=O) groups excluding carboxylic acids is 3. The fraction of sp³-hybridized carbons (Fsp3) is 0.657. The summed E-state index contributed by atoms with van der Waals surface area (Å²) in [4.78, 5) is 49.0. The Kier molecular flexibility index (Phi) is 14.6. The van der Waals surface area contributed by atoms with Gasteiger partial charge in [0.05, 0.1) is 48.7 Å². The van der Waals surface area contributed by atoms with Crippen molar-refractivity contribution in [3.8, 4) is 0 Å². The molecule has 0 saturated carbocycles. The molecule has 11 heteroatoms. The predicted molar refractivity (Wildman–Crippen MR) is 182 cm³/mol. The Balaban J connectivity index is 1.75. The first-order valence-corrected chi connectivity index (χ1v) is 17.4. The van der Waals surface area contributed by atoms with E-state index in [0.717, 1.165) is 29.8 Å². The molecule has 0 radical (unpaired) electrons. The van der Waals surface area contributed by atoms with Crippen LogP contribution in [0.2, 0.25) is 0 Å². The summed E-state index contributed by atoms with van der Waals surface area (Å²) < 4.78 is 11.9. The van der Waals surface area contributed by atoms with Crippen LogP contribution in [0.5, 0.6) is 0 Å². The third-order valence-corrected chi connectivity index (χ3v) is 10.5. The number of hydrogen-bond donors (Lipinski definition) is 2. The molecule has 46 heavy (non-hydrogen) atoms. The van der Waals surface area contributed by atoms with Gasteiger partial charge >= 0.3 is 0 Å². The number of benzene rings is 1. The number of nitrogens with zero attached hydrogens (tertiary/aromatic N) is 3. The number of nitrogens with two attached hydrogens (primary N) is 1. The molecule has 1 aliphatic rings. The van der Waals surface area contributed by atoms with Crippen molar-refractivity contribution in [1.29, 1.82) is 0 Å². The van der Waals surface area contributed by atoms with Crippen molar-refractivity contribution in [2.45, 2.75) is 103 Å². The first kappa shape index (κ1) is 37.6. The van der Waals surface area contributed by atoms with Crippen LogP contribution in [0.4, 0.5) is 0 Å². The molecular formula is C35H55N5O5S. The lowest BCUT2D eigenvalue weighted by Crippen LogP contribution is -2.56. The number of hydrogen-bond acceptors (Lipinski definition) is 8. The quantitative estimate of drug-likeness (QED) is 0.258. The van der Waals surface area contributed by atoms with Gasteiger partial charge in [0, 0.05) is 39.4 Å². The van der Waals surface area contributed by atoms with Crippen molar-refractivity contribution < 1.29 is 23.9 Å². The van der Waals surface area contributed by atoms with E-state index in [1.807, 2.05) is 61.4 Å². The molecule has 3 amide bonds. The van der Waals surface area contributed by atoms with Crippen molar-refractivity contribution in [2.24, 2.45) is 23.5 Å². The lowest BCUT2D eigenvalue weighted by Gasteiger charge is -2.40. The van der Waals surface area contributed by atoms with Gasteiger partial charge in [0.1, 0.15) is 5.01 Å². The largest absolute Gasteiger partial charge is 0.379 e. The molecule has 1 aromatic heterocycles. The Morgan fingerprint density at radius 3 is 2.39 bits per heavy atom. The van der Waals surface area contributed by atoms with Crippen LogP contribution in [0.15, 0.2) is 41.9 Å². The standard InChI is InChI=1S/C35H55N5O5S/c1-9-23(4)31(39(6)35(43)30(36)22(2)3)28(44-7)21-29(41)40-18-13-16-27(40)32(45-8)24(5)33(42)38-26(34-37-17-19-46-34)20-25-14-11-10-12-15-25/h10-12,14-15,17,19,22-24,26-28,30-32H,9,13,16,18,20-21,36H2,1-8H3,(H,38,42)/t23-,24+,26-,27-,28+,30?,31-,32+/m0/s1. The van der Waals surface area contributed by atoms with Crippen molar-refractivity contribution in [1.82, 2.24) is 20.1 Å². The summed E-state index contributed by atoms with van der Waals surface area (Å²) >= 11 is 1.51. The molecule has 3 rings (SSSR count). The number of aromatic nitrogens is 1.